The monoisotopic (exact) mass is 243 g/mol. The Hall–Kier alpha value is -2.81. The number of ether oxygens (including phenoxy) is 1. The minimum absolute atomic E-state index is 0.0163. The van der Waals surface area contributed by atoms with Crippen molar-refractivity contribution in [1.82, 2.24) is 4.90 Å². The number of hydrogen-bond acceptors (Lipinski definition) is 4. The molecule has 90 valence electrons. The summed E-state index contributed by atoms with van der Waals surface area (Å²) < 4.78 is 4.47. The molecule has 1 aromatic carbocycles. The van der Waals surface area contributed by atoms with Crippen molar-refractivity contribution in [3.63, 3.8) is 0 Å². The number of primary amides is 1. The molecule has 0 saturated heterocycles. The molecule has 18 heavy (non-hydrogen) atoms. The smallest absolute Gasteiger partial charge is 0.401 e. The van der Waals surface area contributed by atoms with Crippen molar-refractivity contribution in [3.05, 3.63) is 47.4 Å². The molecule has 1 aromatic rings. The van der Waals surface area contributed by atoms with E-state index in [0.717, 1.165) is 5.56 Å². The van der Waals surface area contributed by atoms with E-state index >= 15 is 0 Å². The van der Waals surface area contributed by atoms with Crippen LogP contribution in [0.25, 0.3) is 0 Å². The summed E-state index contributed by atoms with van der Waals surface area (Å²) in [4.78, 5) is 23.4. The third-order valence-corrected chi connectivity index (χ3v) is 2.42. The van der Waals surface area contributed by atoms with Gasteiger partial charge in [-0.25, -0.2) is 4.79 Å². The Morgan fingerprint density at radius 1 is 1.39 bits per heavy atom. The van der Waals surface area contributed by atoms with Crippen molar-refractivity contribution in [2.24, 2.45) is 5.73 Å². The standard InChI is InChI=1S/C12H9N3O3/c13-6-9-10(18-12(14)17)11(16)15(9)7-8-4-2-1-3-5-8/h1-5H,7H2,(H2,14,17). The molecule has 0 aliphatic carbocycles. The summed E-state index contributed by atoms with van der Waals surface area (Å²) in [5.41, 5.74) is 5.69. The number of carbonyl (C=O) groups is 2. The number of allylic oxidation sites excluding steroid dienone is 1. The van der Waals surface area contributed by atoms with E-state index in [4.69, 9.17) is 11.0 Å². The quantitative estimate of drug-likeness (QED) is 0.851. The van der Waals surface area contributed by atoms with Gasteiger partial charge in [-0.1, -0.05) is 30.3 Å². The third-order valence-electron chi connectivity index (χ3n) is 2.42. The Labute approximate surface area is 103 Å². The highest BCUT2D eigenvalue weighted by Gasteiger charge is 2.39. The summed E-state index contributed by atoms with van der Waals surface area (Å²) in [5.74, 6) is -0.810. The van der Waals surface area contributed by atoms with Gasteiger partial charge in [0, 0.05) is 0 Å². The molecule has 1 aliphatic heterocycles. The second kappa shape index (κ2) is 4.59. The highest BCUT2D eigenvalue weighted by atomic mass is 16.6. The molecule has 0 bridgehead atoms. The fraction of sp³-hybridized carbons (Fsp3) is 0.0833. The highest BCUT2D eigenvalue weighted by molar-refractivity contribution is 6.02. The molecule has 2 amide bonds. The first-order chi connectivity index (χ1) is 8.63. The molecule has 6 nitrogen and oxygen atoms in total. The van der Waals surface area contributed by atoms with E-state index in [1.807, 2.05) is 36.4 Å². The molecule has 1 heterocycles. The van der Waals surface area contributed by atoms with Gasteiger partial charge < -0.3 is 10.5 Å². The highest BCUT2D eigenvalue weighted by Crippen LogP contribution is 2.27. The summed E-state index contributed by atoms with van der Waals surface area (Å²) in [6.07, 6.45) is -1.11. The van der Waals surface area contributed by atoms with Crippen LogP contribution < -0.4 is 5.73 Å². The van der Waals surface area contributed by atoms with Gasteiger partial charge in [-0.15, -0.1) is 0 Å². The van der Waals surface area contributed by atoms with Crippen molar-refractivity contribution < 1.29 is 14.3 Å². The average Bonchev–Trinajstić information content (AvgIpc) is 2.37. The number of nitriles is 1. The zero-order valence-corrected chi connectivity index (χ0v) is 9.29. The SMILES string of the molecule is N#CC1=C(OC(N)=O)C(=O)N1Cc1ccccc1. The fourth-order valence-corrected chi connectivity index (χ4v) is 1.62. The van der Waals surface area contributed by atoms with Gasteiger partial charge in [-0.3, -0.25) is 9.69 Å². The van der Waals surface area contributed by atoms with Crippen LogP contribution in [0.4, 0.5) is 4.79 Å². The van der Waals surface area contributed by atoms with Crippen LogP contribution in [-0.4, -0.2) is 16.9 Å². The zero-order chi connectivity index (χ0) is 13.1. The number of hydrogen-bond donors (Lipinski definition) is 1. The maximum atomic E-state index is 11.7. The van der Waals surface area contributed by atoms with Crippen LogP contribution >= 0.6 is 0 Å². The summed E-state index contributed by atoms with van der Waals surface area (Å²) in [7, 11) is 0. The van der Waals surface area contributed by atoms with Crippen LogP contribution in [0.15, 0.2) is 41.8 Å². The van der Waals surface area contributed by atoms with E-state index in [9.17, 15) is 9.59 Å². The molecule has 0 atom stereocenters. The summed E-state index contributed by atoms with van der Waals surface area (Å²) in [5, 5.41) is 8.90. The van der Waals surface area contributed by atoms with Crippen LogP contribution in [-0.2, 0) is 16.1 Å². The summed E-state index contributed by atoms with van der Waals surface area (Å²) in [6, 6.07) is 11.0. The number of benzene rings is 1. The Kier molecular flexibility index (Phi) is 2.98. The molecule has 0 saturated carbocycles. The first-order valence-electron chi connectivity index (χ1n) is 5.11. The number of amides is 2. The molecule has 2 rings (SSSR count). The Balaban J connectivity index is 2.18. The van der Waals surface area contributed by atoms with E-state index < -0.39 is 12.0 Å². The summed E-state index contributed by atoms with van der Waals surface area (Å²) in [6.45, 7) is 0.258. The largest absolute Gasteiger partial charge is 0.410 e. The van der Waals surface area contributed by atoms with Gasteiger partial charge in [0.1, 0.15) is 6.07 Å². The predicted octanol–water partition coefficient (Wildman–Crippen LogP) is 0.859. The van der Waals surface area contributed by atoms with Crippen LogP contribution in [0.1, 0.15) is 5.56 Å². The van der Waals surface area contributed by atoms with Gasteiger partial charge >= 0.3 is 6.09 Å². The van der Waals surface area contributed by atoms with Crippen LogP contribution in [0.5, 0.6) is 0 Å². The predicted molar refractivity (Wildman–Crippen MR) is 60.3 cm³/mol. The van der Waals surface area contributed by atoms with Crippen molar-refractivity contribution in [3.8, 4) is 6.07 Å². The van der Waals surface area contributed by atoms with Gasteiger partial charge in [0.05, 0.1) is 6.54 Å². The Bertz CT molecular complexity index is 572. The molecule has 0 fully saturated rings. The summed E-state index contributed by atoms with van der Waals surface area (Å²) >= 11 is 0. The first-order valence-corrected chi connectivity index (χ1v) is 5.11. The molecule has 1 aliphatic rings. The molecular formula is C12H9N3O3. The lowest BCUT2D eigenvalue weighted by atomic mass is 10.1. The lowest BCUT2D eigenvalue weighted by molar-refractivity contribution is -0.132. The third kappa shape index (κ3) is 2.01. The van der Waals surface area contributed by atoms with Crippen molar-refractivity contribution in [2.75, 3.05) is 0 Å². The van der Waals surface area contributed by atoms with Gasteiger partial charge in [0.25, 0.3) is 5.91 Å². The first kappa shape index (κ1) is 11.7. The maximum absolute atomic E-state index is 11.7. The van der Waals surface area contributed by atoms with E-state index in [1.54, 1.807) is 0 Å². The van der Waals surface area contributed by atoms with E-state index in [0.29, 0.717) is 0 Å². The van der Waals surface area contributed by atoms with Crippen molar-refractivity contribution in [2.45, 2.75) is 6.54 Å². The molecule has 0 spiro atoms. The lowest BCUT2D eigenvalue weighted by Crippen LogP contribution is -2.43. The van der Waals surface area contributed by atoms with Gasteiger partial charge in [0.2, 0.25) is 5.76 Å². The number of nitrogens with two attached hydrogens (primary N) is 1. The minimum Gasteiger partial charge on any atom is -0.401 e. The number of carbonyl (C=O) groups excluding carboxylic acids is 2. The number of rotatable bonds is 3. The minimum atomic E-state index is -1.11. The maximum Gasteiger partial charge on any atom is 0.410 e. The van der Waals surface area contributed by atoms with E-state index in [-0.39, 0.29) is 18.0 Å². The second-order valence-electron chi connectivity index (χ2n) is 3.59. The van der Waals surface area contributed by atoms with Crippen molar-refractivity contribution >= 4 is 12.0 Å². The molecule has 0 aromatic heterocycles. The molecule has 0 unspecified atom stereocenters. The van der Waals surface area contributed by atoms with Crippen LogP contribution in [0, 0.1) is 11.3 Å². The van der Waals surface area contributed by atoms with Gasteiger partial charge in [-0.05, 0) is 5.56 Å². The molecule has 0 radical (unpaired) electrons. The number of nitrogens with zero attached hydrogens (tertiary/aromatic N) is 2. The molecule has 2 N–H and O–H groups in total. The average molecular weight is 243 g/mol. The Morgan fingerprint density at radius 2 is 2.06 bits per heavy atom. The van der Waals surface area contributed by atoms with E-state index in [2.05, 4.69) is 4.74 Å². The molecule has 6 heteroatoms. The lowest BCUT2D eigenvalue weighted by Gasteiger charge is -2.30. The van der Waals surface area contributed by atoms with E-state index in [1.165, 1.54) is 4.90 Å². The van der Waals surface area contributed by atoms with Crippen molar-refractivity contribution in [1.29, 1.82) is 5.26 Å². The van der Waals surface area contributed by atoms with Crippen LogP contribution in [0.2, 0.25) is 0 Å². The fourth-order valence-electron chi connectivity index (χ4n) is 1.62. The molecular weight excluding hydrogens is 234 g/mol. The van der Waals surface area contributed by atoms with Gasteiger partial charge in [0.15, 0.2) is 5.70 Å². The topological polar surface area (TPSA) is 96.4 Å². The second-order valence-corrected chi connectivity index (χ2v) is 3.59. The zero-order valence-electron chi connectivity index (χ0n) is 9.29. The van der Waals surface area contributed by atoms with Gasteiger partial charge in [-0.2, -0.15) is 5.26 Å². The normalized spacial score (nSPS) is 13.9. The Morgan fingerprint density at radius 3 is 2.61 bits per heavy atom. The van der Waals surface area contributed by atoms with Crippen LogP contribution in [0.3, 0.4) is 0 Å².